The Morgan fingerprint density at radius 3 is 2.67 bits per heavy atom. The topological polar surface area (TPSA) is 95.8 Å². The molecule has 0 N–H and O–H groups in total. The zero-order valence-corrected chi connectivity index (χ0v) is 22.5. The van der Waals surface area contributed by atoms with Crippen LogP contribution in [0.3, 0.4) is 0 Å². The number of hydrogen-bond donors (Lipinski definition) is 0. The summed E-state index contributed by atoms with van der Waals surface area (Å²) in [6, 6.07) is 0. The lowest BCUT2D eigenvalue weighted by Crippen LogP contribution is -2.59. The van der Waals surface area contributed by atoms with Crippen molar-refractivity contribution >= 4 is 23.4 Å². The van der Waals surface area contributed by atoms with Gasteiger partial charge >= 0.3 is 11.9 Å². The minimum Gasteiger partial charge on any atom is -0.462 e. The third-order valence-electron chi connectivity index (χ3n) is 10.5. The number of rotatable bonds is 5. The smallest absolute Gasteiger partial charge is 0.356 e. The van der Waals surface area contributed by atoms with Crippen molar-refractivity contribution in [3.8, 4) is 0 Å². The van der Waals surface area contributed by atoms with Crippen molar-refractivity contribution in [3.05, 3.63) is 11.6 Å². The highest BCUT2D eigenvalue weighted by Crippen LogP contribution is 2.70. The Hall–Kier alpha value is -2.38. The third-order valence-corrected chi connectivity index (χ3v) is 10.5. The minimum atomic E-state index is -0.807. The fourth-order valence-electron chi connectivity index (χ4n) is 8.97. The van der Waals surface area contributed by atoms with E-state index in [1.54, 1.807) is 7.11 Å². The molecule has 4 aliphatic carbocycles. The van der Waals surface area contributed by atoms with Crippen LogP contribution in [0.15, 0.2) is 22.0 Å². The van der Waals surface area contributed by atoms with Crippen molar-refractivity contribution in [2.24, 2.45) is 44.8 Å². The highest BCUT2D eigenvalue weighted by molar-refractivity contribution is 6.38. The maximum Gasteiger partial charge on any atom is 0.356 e. The number of esters is 2. The Morgan fingerprint density at radius 2 is 1.97 bits per heavy atom. The molecule has 5 rings (SSSR count). The molecule has 0 bridgehead atoms. The first kappa shape index (κ1) is 25.3. The van der Waals surface area contributed by atoms with Gasteiger partial charge in [0.1, 0.15) is 18.9 Å². The van der Waals surface area contributed by atoms with Gasteiger partial charge < -0.3 is 19.1 Å². The average Bonchev–Trinajstić information content (AvgIpc) is 3.33. The van der Waals surface area contributed by atoms with E-state index >= 15 is 0 Å². The standard InChI is InChI=1S/C28H40N2O6/c1-7-34-25(32)24-23-15-22-20-9-8-18-14-19(35-17(3)31)10-12-26(18,4)21(20)11-13-27(22,5)28(23,36-30-24)16(2)29-33-6/h8,19-23H,7,9-15H2,1-6H3/t19-,20-,21+,22+,23+,26-,27-,28-/m0/s1. The predicted octanol–water partition coefficient (Wildman–Crippen LogP) is 4.82. The van der Waals surface area contributed by atoms with E-state index in [1.807, 2.05) is 13.8 Å². The molecule has 3 saturated carbocycles. The molecule has 0 aromatic rings. The molecule has 198 valence electrons. The number of ether oxygens (including phenoxy) is 2. The molecule has 1 aliphatic heterocycles. The lowest BCUT2D eigenvalue weighted by molar-refractivity contribution is -0.149. The monoisotopic (exact) mass is 500 g/mol. The van der Waals surface area contributed by atoms with Crippen molar-refractivity contribution in [1.29, 1.82) is 0 Å². The van der Waals surface area contributed by atoms with Gasteiger partial charge in [0.15, 0.2) is 11.3 Å². The Morgan fingerprint density at radius 1 is 1.19 bits per heavy atom. The lowest BCUT2D eigenvalue weighted by Gasteiger charge is -2.58. The molecule has 0 aromatic heterocycles. The summed E-state index contributed by atoms with van der Waals surface area (Å²) >= 11 is 0. The van der Waals surface area contributed by atoms with Gasteiger partial charge in [-0.25, -0.2) is 4.79 Å². The van der Waals surface area contributed by atoms with Crippen LogP contribution in [-0.4, -0.2) is 48.8 Å². The second kappa shape index (κ2) is 8.88. The van der Waals surface area contributed by atoms with Gasteiger partial charge in [-0.05, 0) is 75.5 Å². The number of carbonyl (C=O) groups is 2. The number of oxime groups is 2. The summed E-state index contributed by atoms with van der Waals surface area (Å²) in [5, 5.41) is 8.66. The molecule has 1 heterocycles. The van der Waals surface area contributed by atoms with Crippen LogP contribution in [0.1, 0.15) is 79.6 Å². The van der Waals surface area contributed by atoms with Crippen LogP contribution >= 0.6 is 0 Å². The maximum atomic E-state index is 12.9. The van der Waals surface area contributed by atoms with Crippen molar-refractivity contribution < 1.29 is 28.7 Å². The Labute approximate surface area is 213 Å². The van der Waals surface area contributed by atoms with Crippen LogP contribution in [0.25, 0.3) is 0 Å². The molecule has 8 heteroatoms. The van der Waals surface area contributed by atoms with Crippen molar-refractivity contribution in [2.45, 2.75) is 91.3 Å². The molecule has 36 heavy (non-hydrogen) atoms. The van der Waals surface area contributed by atoms with E-state index in [4.69, 9.17) is 19.1 Å². The van der Waals surface area contributed by atoms with Crippen LogP contribution in [0.4, 0.5) is 0 Å². The van der Waals surface area contributed by atoms with Crippen LogP contribution in [0.2, 0.25) is 0 Å². The highest BCUT2D eigenvalue weighted by atomic mass is 16.7. The molecule has 8 nitrogen and oxygen atoms in total. The predicted molar refractivity (Wildman–Crippen MR) is 134 cm³/mol. The zero-order valence-electron chi connectivity index (χ0n) is 22.5. The Balaban J connectivity index is 1.50. The lowest BCUT2D eigenvalue weighted by atomic mass is 9.46. The van der Waals surface area contributed by atoms with Crippen LogP contribution in [0, 0.1) is 34.5 Å². The van der Waals surface area contributed by atoms with Crippen molar-refractivity contribution in [2.75, 3.05) is 13.7 Å². The molecule has 5 aliphatic rings. The SMILES string of the molecule is CCOC(=O)C1=NO[C@@]2(C(C)=NOC)[C@@H]1C[C@@H]1[C@H]3CC=C4C[C@@H](OC(C)=O)CC[C@]4(C)[C@@H]3CC[C@@]12C. The van der Waals surface area contributed by atoms with E-state index < -0.39 is 11.6 Å². The number of nitrogens with zero attached hydrogens (tertiary/aromatic N) is 2. The van der Waals surface area contributed by atoms with E-state index in [-0.39, 0.29) is 28.8 Å². The summed E-state index contributed by atoms with van der Waals surface area (Å²) in [6.45, 7) is 10.3. The van der Waals surface area contributed by atoms with Gasteiger partial charge in [0, 0.05) is 18.8 Å². The van der Waals surface area contributed by atoms with Gasteiger partial charge in [0.2, 0.25) is 0 Å². The average molecular weight is 501 g/mol. The molecule has 0 aromatic carbocycles. The van der Waals surface area contributed by atoms with Gasteiger partial charge in [0.25, 0.3) is 0 Å². The fraction of sp³-hybridized carbons (Fsp3) is 0.786. The maximum absolute atomic E-state index is 12.9. The normalized spacial score (nSPS) is 43.1. The van der Waals surface area contributed by atoms with Crippen LogP contribution in [-0.2, 0) is 28.7 Å². The van der Waals surface area contributed by atoms with Gasteiger partial charge in [-0.1, -0.05) is 35.8 Å². The van der Waals surface area contributed by atoms with Crippen LogP contribution in [0.5, 0.6) is 0 Å². The first-order chi connectivity index (χ1) is 17.1. The quantitative estimate of drug-likeness (QED) is 0.232. The van der Waals surface area contributed by atoms with Gasteiger partial charge in [-0.15, -0.1) is 0 Å². The van der Waals surface area contributed by atoms with Gasteiger partial charge in [-0.2, -0.15) is 0 Å². The third kappa shape index (κ3) is 3.38. The summed E-state index contributed by atoms with van der Waals surface area (Å²) in [4.78, 5) is 36.0. The fourth-order valence-corrected chi connectivity index (χ4v) is 8.97. The van der Waals surface area contributed by atoms with E-state index in [2.05, 4.69) is 30.2 Å². The van der Waals surface area contributed by atoms with Crippen molar-refractivity contribution in [1.82, 2.24) is 0 Å². The first-order valence-electron chi connectivity index (χ1n) is 13.5. The van der Waals surface area contributed by atoms with Crippen molar-refractivity contribution in [3.63, 3.8) is 0 Å². The molecule has 3 fully saturated rings. The van der Waals surface area contributed by atoms with Crippen LogP contribution < -0.4 is 0 Å². The molecule has 0 spiro atoms. The number of hydrogen-bond acceptors (Lipinski definition) is 8. The number of fused-ring (bicyclic) bond motifs is 7. The molecular formula is C28H40N2O6. The van der Waals surface area contributed by atoms with Gasteiger partial charge in [-0.3, -0.25) is 4.79 Å². The summed E-state index contributed by atoms with van der Waals surface area (Å²) in [6.07, 6.45) is 9.07. The first-order valence-corrected chi connectivity index (χ1v) is 13.5. The zero-order chi connectivity index (χ0) is 25.9. The van der Waals surface area contributed by atoms with E-state index in [9.17, 15) is 9.59 Å². The second-order valence-electron chi connectivity index (χ2n) is 11.9. The molecule has 0 unspecified atom stereocenters. The Kier molecular flexibility index (Phi) is 6.23. The van der Waals surface area contributed by atoms with E-state index in [0.29, 0.717) is 30.1 Å². The summed E-state index contributed by atoms with van der Waals surface area (Å²) in [5.41, 5.74) is 1.65. The Bertz CT molecular complexity index is 1040. The molecular weight excluding hydrogens is 460 g/mol. The summed E-state index contributed by atoms with van der Waals surface area (Å²) < 4.78 is 11.0. The van der Waals surface area contributed by atoms with E-state index in [0.717, 1.165) is 50.7 Å². The second-order valence-corrected chi connectivity index (χ2v) is 11.9. The minimum absolute atomic E-state index is 0.00834. The summed E-state index contributed by atoms with van der Waals surface area (Å²) in [5.74, 6) is 0.586. The number of allylic oxidation sites excluding steroid dienone is 1. The molecule has 0 radical (unpaired) electrons. The van der Waals surface area contributed by atoms with E-state index in [1.165, 1.54) is 12.5 Å². The van der Waals surface area contributed by atoms with Gasteiger partial charge in [0.05, 0.1) is 12.5 Å². The molecule has 0 amide bonds. The summed E-state index contributed by atoms with van der Waals surface area (Å²) in [7, 11) is 1.54. The molecule has 0 saturated heterocycles. The number of carbonyl (C=O) groups excluding carboxylic acids is 2. The highest BCUT2D eigenvalue weighted by Gasteiger charge is 2.74. The molecule has 8 atom stereocenters. The largest absolute Gasteiger partial charge is 0.462 e.